The Hall–Kier alpha value is -0.890. The van der Waals surface area contributed by atoms with Gasteiger partial charge in [-0.25, -0.2) is 0 Å². The minimum Gasteiger partial charge on any atom is -0.189 e. The first-order valence-electron chi connectivity index (χ1n) is 4.95. The maximum absolute atomic E-state index is 3.70. The number of rotatable bonds is 1. The molecule has 1 nitrogen and oxygen atoms in total. The van der Waals surface area contributed by atoms with E-state index in [9.17, 15) is 0 Å². The third-order valence-corrected chi connectivity index (χ3v) is 3.02. The van der Waals surface area contributed by atoms with Crippen molar-refractivity contribution in [3.63, 3.8) is 0 Å². The predicted molar refractivity (Wildman–Crippen MR) is 65.6 cm³/mol. The molecule has 0 aliphatic carbocycles. The van der Waals surface area contributed by atoms with E-state index in [0.29, 0.717) is 0 Å². The highest BCUT2D eigenvalue weighted by Crippen LogP contribution is 1.88. The van der Waals surface area contributed by atoms with Gasteiger partial charge in [0.25, 0.3) is 0 Å². The Kier molecular flexibility index (Phi) is 6.13. The quantitative estimate of drug-likeness (QED) is 0.621. The molecule has 0 unspecified atom stereocenters. The maximum Gasteiger partial charge on any atom is 0.234 e. The van der Waals surface area contributed by atoms with E-state index in [-0.39, 0.29) is 0 Å². The van der Waals surface area contributed by atoms with Crippen LogP contribution in [-0.4, -0.2) is 0 Å². The predicted octanol–water partition coefficient (Wildman–Crippen LogP) is 1.67. The minimum absolute atomic E-state index is 1.28. The van der Waals surface area contributed by atoms with Crippen LogP contribution in [0.15, 0.2) is 12.7 Å². The Balaban J connectivity index is 0.000000791. The summed E-state index contributed by atoms with van der Waals surface area (Å²) in [5.74, 6) is 0. The third kappa shape index (κ3) is 2.81. The molecule has 78 valence electrons. The van der Waals surface area contributed by atoms with Crippen molar-refractivity contribution in [2.75, 3.05) is 0 Å². The summed E-state index contributed by atoms with van der Waals surface area (Å²) in [6.45, 7) is 11.9. The lowest BCUT2D eigenvalue weighted by atomic mass is 10.4. The fraction of sp³-hybridized carbons (Fsp3) is 0.417. The second-order valence-corrected chi connectivity index (χ2v) is 3.86. The Bertz CT molecular complexity index is 399. The Morgan fingerprint density at radius 3 is 2.36 bits per heavy atom. The number of aromatic nitrogens is 1. The van der Waals surface area contributed by atoms with Gasteiger partial charge in [-0.15, -0.1) is 0 Å². The summed E-state index contributed by atoms with van der Waals surface area (Å²) in [7, 11) is 2.08. The molecule has 0 spiro atoms. The second-order valence-electron chi connectivity index (χ2n) is 2.62. The largest absolute Gasteiger partial charge is 0.234 e. The van der Waals surface area contributed by atoms with Gasteiger partial charge in [0, 0.05) is 6.92 Å². The summed E-state index contributed by atoms with van der Waals surface area (Å²) in [5.41, 5.74) is 0. The first kappa shape index (κ1) is 13.1. The summed E-state index contributed by atoms with van der Waals surface area (Å²) >= 11 is 1.80. The Morgan fingerprint density at radius 1 is 1.36 bits per heavy atom. The lowest BCUT2D eigenvalue weighted by molar-refractivity contribution is -0.685. The molecule has 2 heteroatoms. The lowest BCUT2D eigenvalue weighted by Crippen LogP contribution is -2.50. The number of hydrogen-bond donors (Lipinski definition) is 0. The average molecular weight is 210 g/mol. The van der Waals surface area contributed by atoms with Gasteiger partial charge in [0.15, 0.2) is 0 Å². The van der Waals surface area contributed by atoms with Crippen LogP contribution in [0.2, 0.25) is 0 Å². The van der Waals surface area contributed by atoms with E-state index >= 15 is 0 Å². The number of thiazole rings is 1. The molecule has 0 saturated heterocycles. The fourth-order valence-electron chi connectivity index (χ4n) is 1.18. The van der Waals surface area contributed by atoms with Crippen LogP contribution in [0.25, 0.3) is 12.2 Å². The summed E-state index contributed by atoms with van der Waals surface area (Å²) in [4.78, 5) is 0. The van der Waals surface area contributed by atoms with E-state index in [0.717, 1.165) is 0 Å². The minimum atomic E-state index is 1.28. The van der Waals surface area contributed by atoms with Crippen molar-refractivity contribution in [2.24, 2.45) is 7.05 Å². The standard InChI is InChI=1S/C10H14NS.C2H6/c1-5-7-10-9(6-2)11(4)8(3)12-10;1-2/h5-7H,1H2,2-4H3;1-2H3/q+1;/b9-6+,10-7+;. The van der Waals surface area contributed by atoms with Crippen molar-refractivity contribution in [3.8, 4) is 0 Å². The van der Waals surface area contributed by atoms with Crippen molar-refractivity contribution in [2.45, 2.75) is 27.7 Å². The van der Waals surface area contributed by atoms with Crippen LogP contribution in [0.5, 0.6) is 0 Å². The number of hydrogen-bond acceptors (Lipinski definition) is 1. The summed E-state index contributed by atoms with van der Waals surface area (Å²) in [5, 5.41) is 2.59. The zero-order valence-corrected chi connectivity index (χ0v) is 10.6. The topological polar surface area (TPSA) is 3.88 Å². The van der Waals surface area contributed by atoms with Crippen molar-refractivity contribution in [3.05, 3.63) is 27.5 Å². The Labute approximate surface area is 90.7 Å². The second kappa shape index (κ2) is 6.55. The first-order chi connectivity index (χ1) is 6.70. The highest BCUT2D eigenvalue weighted by Gasteiger charge is 2.06. The normalized spacial score (nSPS) is 12.4. The van der Waals surface area contributed by atoms with Gasteiger partial charge < -0.3 is 0 Å². The number of nitrogens with zero attached hydrogens (tertiary/aromatic N) is 1. The summed E-state index contributed by atoms with van der Waals surface area (Å²) < 4.78 is 3.48. The smallest absolute Gasteiger partial charge is 0.189 e. The molecule has 1 aromatic rings. The molecule has 0 amide bonds. The van der Waals surface area contributed by atoms with Crippen LogP contribution < -0.4 is 14.4 Å². The number of aryl methyl sites for hydroxylation is 1. The van der Waals surface area contributed by atoms with Crippen molar-refractivity contribution in [1.82, 2.24) is 0 Å². The average Bonchev–Trinajstić information content (AvgIpc) is 2.46. The monoisotopic (exact) mass is 210 g/mol. The zero-order valence-electron chi connectivity index (χ0n) is 9.79. The molecule has 0 aromatic carbocycles. The van der Waals surface area contributed by atoms with Gasteiger partial charge in [-0.2, -0.15) is 4.57 Å². The summed E-state index contributed by atoms with van der Waals surface area (Å²) in [6.07, 6.45) is 6.00. The van der Waals surface area contributed by atoms with Crippen LogP contribution in [0, 0.1) is 6.92 Å². The lowest BCUT2D eigenvalue weighted by Gasteiger charge is -1.78. The molecule has 0 radical (unpaired) electrons. The van der Waals surface area contributed by atoms with E-state index in [2.05, 4.69) is 38.1 Å². The van der Waals surface area contributed by atoms with Gasteiger partial charge in [0.1, 0.15) is 11.6 Å². The van der Waals surface area contributed by atoms with Gasteiger partial charge in [-0.3, -0.25) is 0 Å². The third-order valence-electron chi connectivity index (χ3n) is 1.89. The molecule has 0 bridgehead atoms. The SMILES string of the molecule is C=C/C=c1/sc(C)[n+](C)/c1=C/C.CC. The van der Waals surface area contributed by atoms with E-state index in [1.165, 1.54) is 14.9 Å². The Morgan fingerprint density at radius 2 is 1.93 bits per heavy atom. The summed E-state index contributed by atoms with van der Waals surface area (Å²) in [6, 6.07) is 0. The molecule has 1 heterocycles. The van der Waals surface area contributed by atoms with Gasteiger partial charge in [0.05, 0.1) is 0 Å². The molecule has 1 aromatic heterocycles. The van der Waals surface area contributed by atoms with E-state index < -0.39 is 0 Å². The van der Waals surface area contributed by atoms with Crippen LogP contribution in [0.4, 0.5) is 0 Å². The van der Waals surface area contributed by atoms with E-state index in [1.54, 1.807) is 11.3 Å². The van der Waals surface area contributed by atoms with Gasteiger partial charge in [0.2, 0.25) is 10.4 Å². The van der Waals surface area contributed by atoms with Gasteiger partial charge in [-0.1, -0.05) is 37.8 Å². The molecule has 14 heavy (non-hydrogen) atoms. The van der Waals surface area contributed by atoms with Crippen molar-refractivity contribution < 1.29 is 4.57 Å². The first-order valence-corrected chi connectivity index (χ1v) is 5.77. The molecule has 1 rings (SSSR count). The molecular weight excluding hydrogens is 190 g/mol. The van der Waals surface area contributed by atoms with Crippen LogP contribution in [0.3, 0.4) is 0 Å². The molecule has 0 saturated carbocycles. The zero-order chi connectivity index (χ0) is 11.1. The van der Waals surface area contributed by atoms with Crippen molar-refractivity contribution in [1.29, 1.82) is 0 Å². The van der Waals surface area contributed by atoms with Gasteiger partial charge in [-0.05, 0) is 19.1 Å². The highest BCUT2D eigenvalue weighted by atomic mass is 32.1. The van der Waals surface area contributed by atoms with Crippen LogP contribution in [-0.2, 0) is 7.05 Å². The van der Waals surface area contributed by atoms with E-state index in [1.807, 2.05) is 26.0 Å². The van der Waals surface area contributed by atoms with Gasteiger partial charge >= 0.3 is 0 Å². The highest BCUT2D eigenvalue weighted by molar-refractivity contribution is 7.09. The van der Waals surface area contributed by atoms with E-state index in [4.69, 9.17) is 0 Å². The number of allylic oxidation sites excluding steroid dienone is 1. The maximum atomic E-state index is 3.70. The fourth-order valence-corrected chi connectivity index (χ4v) is 2.25. The molecule has 0 fully saturated rings. The molecule has 0 N–H and O–H groups in total. The molecule has 0 aliphatic heterocycles. The molecule has 0 atom stereocenters. The van der Waals surface area contributed by atoms with Crippen LogP contribution >= 0.6 is 11.3 Å². The molecule has 0 aliphatic rings. The van der Waals surface area contributed by atoms with Crippen molar-refractivity contribution >= 4 is 23.5 Å². The van der Waals surface area contributed by atoms with Crippen LogP contribution in [0.1, 0.15) is 25.8 Å². The molecular formula is C12H20NS+.